The highest BCUT2D eigenvalue weighted by Crippen LogP contribution is 2.27. The summed E-state index contributed by atoms with van der Waals surface area (Å²) in [4.78, 5) is 0. The predicted molar refractivity (Wildman–Crippen MR) is 72.5 cm³/mol. The maximum atomic E-state index is 13.6. The molecule has 0 spiro atoms. The van der Waals surface area contributed by atoms with Gasteiger partial charge in [-0.1, -0.05) is 12.1 Å². The van der Waals surface area contributed by atoms with Gasteiger partial charge in [-0.2, -0.15) is 5.26 Å². The second kappa shape index (κ2) is 5.81. The molecular weight excluding hydrogens is 314 g/mol. The lowest BCUT2D eigenvalue weighted by molar-refractivity contribution is 0.583. The molecule has 0 amide bonds. The summed E-state index contributed by atoms with van der Waals surface area (Å²) >= 11 is 3.11. The molecule has 0 bridgehead atoms. The van der Waals surface area contributed by atoms with Crippen LogP contribution in [0.1, 0.15) is 11.1 Å². The third kappa shape index (κ3) is 3.30. The fourth-order valence-corrected chi connectivity index (χ4v) is 2.15. The van der Waals surface area contributed by atoms with E-state index in [9.17, 15) is 8.78 Å². The molecule has 0 aliphatic heterocycles. The fraction of sp³-hybridized carbons (Fsp3) is 0.0714. The molecule has 2 nitrogen and oxygen atoms in total. The Balaban J connectivity index is 2.12. The number of benzene rings is 2. The van der Waals surface area contributed by atoms with Gasteiger partial charge in [0.2, 0.25) is 0 Å². The first-order valence-electron chi connectivity index (χ1n) is 5.47. The Morgan fingerprint density at radius 1 is 1.16 bits per heavy atom. The van der Waals surface area contributed by atoms with Crippen molar-refractivity contribution in [2.45, 2.75) is 6.54 Å². The van der Waals surface area contributed by atoms with Crippen LogP contribution in [0.2, 0.25) is 0 Å². The van der Waals surface area contributed by atoms with Gasteiger partial charge in [0.1, 0.15) is 11.6 Å². The average Bonchev–Trinajstić information content (AvgIpc) is 2.38. The zero-order valence-corrected chi connectivity index (χ0v) is 11.3. The monoisotopic (exact) mass is 322 g/mol. The number of nitrogens with one attached hydrogen (secondary N) is 1. The molecule has 2 aromatic rings. The molecular formula is C14H9BrF2N2. The summed E-state index contributed by atoms with van der Waals surface area (Å²) < 4.78 is 26.8. The van der Waals surface area contributed by atoms with Crippen LogP contribution in [0.25, 0.3) is 0 Å². The molecule has 2 rings (SSSR count). The van der Waals surface area contributed by atoms with Gasteiger partial charge in [-0.25, -0.2) is 8.78 Å². The lowest BCUT2D eigenvalue weighted by Crippen LogP contribution is -2.02. The number of nitriles is 1. The molecule has 0 atom stereocenters. The van der Waals surface area contributed by atoms with Gasteiger partial charge in [0.25, 0.3) is 0 Å². The van der Waals surface area contributed by atoms with E-state index in [1.165, 1.54) is 6.07 Å². The first-order valence-corrected chi connectivity index (χ1v) is 6.27. The van der Waals surface area contributed by atoms with Gasteiger partial charge >= 0.3 is 0 Å². The standard InChI is InChI=1S/C14H9BrF2N2/c15-12-5-11(16)6-13(17)14(12)19-8-10-3-1-9(7-18)2-4-10/h1-6,19H,8H2. The molecule has 5 heteroatoms. The van der Waals surface area contributed by atoms with Crippen LogP contribution in [0.15, 0.2) is 40.9 Å². The van der Waals surface area contributed by atoms with Crippen LogP contribution in [-0.4, -0.2) is 0 Å². The van der Waals surface area contributed by atoms with Crippen LogP contribution in [-0.2, 0) is 6.54 Å². The third-order valence-electron chi connectivity index (χ3n) is 2.56. The van der Waals surface area contributed by atoms with Crippen LogP contribution < -0.4 is 5.32 Å². The van der Waals surface area contributed by atoms with Crippen LogP contribution >= 0.6 is 15.9 Å². The minimum Gasteiger partial charge on any atom is -0.378 e. The van der Waals surface area contributed by atoms with Gasteiger partial charge in [-0.15, -0.1) is 0 Å². The molecule has 0 radical (unpaired) electrons. The minimum absolute atomic E-state index is 0.214. The summed E-state index contributed by atoms with van der Waals surface area (Å²) in [5, 5.41) is 11.6. The van der Waals surface area contributed by atoms with Crippen molar-refractivity contribution < 1.29 is 8.78 Å². The highest BCUT2D eigenvalue weighted by molar-refractivity contribution is 9.10. The molecule has 0 saturated carbocycles. The van der Waals surface area contributed by atoms with E-state index in [4.69, 9.17) is 5.26 Å². The van der Waals surface area contributed by atoms with E-state index in [2.05, 4.69) is 21.2 Å². The highest BCUT2D eigenvalue weighted by atomic mass is 79.9. The van der Waals surface area contributed by atoms with Crippen LogP contribution in [0.4, 0.5) is 14.5 Å². The fourth-order valence-electron chi connectivity index (χ4n) is 1.60. The lowest BCUT2D eigenvalue weighted by atomic mass is 10.1. The summed E-state index contributed by atoms with van der Waals surface area (Å²) in [7, 11) is 0. The smallest absolute Gasteiger partial charge is 0.150 e. The summed E-state index contributed by atoms with van der Waals surface area (Å²) in [6.45, 7) is 0.382. The Morgan fingerprint density at radius 2 is 1.84 bits per heavy atom. The Morgan fingerprint density at radius 3 is 2.42 bits per heavy atom. The summed E-state index contributed by atoms with van der Waals surface area (Å²) in [5.41, 5.74) is 1.68. The summed E-state index contributed by atoms with van der Waals surface area (Å²) in [6.07, 6.45) is 0. The molecule has 19 heavy (non-hydrogen) atoms. The van der Waals surface area contributed by atoms with E-state index in [1.807, 2.05) is 6.07 Å². The van der Waals surface area contributed by atoms with E-state index in [-0.39, 0.29) is 5.69 Å². The summed E-state index contributed by atoms with van der Waals surface area (Å²) in [5.74, 6) is -1.28. The van der Waals surface area contributed by atoms with Crippen molar-refractivity contribution in [1.29, 1.82) is 5.26 Å². The zero-order valence-electron chi connectivity index (χ0n) is 9.75. The topological polar surface area (TPSA) is 35.8 Å². The first kappa shape index (κ1) is 13.5. The molecule has 0 aliphatic rings. The van der Waals surface area contributed by atoms with E-state index in [0.717, 1.165) is 11.6 Å². The van der Waals surface area contributed by atoms with Crippen molar-refractivity contribution >= 4 is 21.6 Å². The number of nitrogens with zero attached hydrogens (tertiary/aromatic N) is 1. The molecule has 0 unspecified atom stereocenters. The Kier molecular flexibility index (Phi) is 4.13. The van der Waals surface area contributed by atoms with Crippen LogP contribution in [0.3, 0.4) is 0 Å². The second-order valence-electron chi connectivity index (χ2n) is 3.91. The molecule has 0 heterocycles. The largest absolute Gasteiger partial charge is 0.378 e. The third-order valence-corrected chi connectivity index (χ3v) is 3.18. The number of anilines is 1. The summed E-state index contributed by atoms with van der Waals surface area (Å²) in [6, 6.07) is 11.0. The predicted octanol–water partition coefficient (Wildman–Crippen LogP) is 4.21. The molecule has 1 N–H and O–H groups in total. The van der Waals surface area contributed by atoms with E-state index in [1.54, 1.807) is 24.3 Å². The van der Waals surface area contributed by atoms with Gasteiger partial charge in [0.05, 0.1) is 17.3 Å². The number of halogens is 3. The SMILES string of the molecule is N#Cc1ccc(CNc2c(F)cc(F)cc2Br)cc1. The Hall–Kier alpha value is -1.93. The molecule has 0 saturated heterocycles. The van der Waals surface area contributed by atoms with Crippen LogP contribution in [0, 0.1) is 23.0 Å². The lowest BCUT2D eigenvalue weighted by Gasteiger charge is -2.10. The van der Waals surface area contributed by atoms with E-state index < -0.39 is 11.6 Å². The highest BCUT2D eigenvalue weighted by Gasteiger charge is 2.09. The average molecular weight is 323 g/mol. The van der Waals surface area contributed by atoms with Crippen molar-refractivity contribution in [3.8, 4) is 6.07 Å². The van der Waals surface area contributed by atoms with Crippen molar-refractivity contribution in [2.75, 3.05) is 5.32 Å². The first-order chi connectivity index (χ1) is 9.10. The number of rotatable bonds is 3. The van der Waals surface area contributed by atoms with Crippen molar-refractivity contribution in [2.24, 2.45) is 0 Å². The number of hydrogen-bond donors (Lipinski definition) is 1. The van der Waals surface area contributed by atoms with Crippen molar-refractivity contribution in [3.05, 3.63) is 63.6 Å². The minimum atomic E-state index is -0.652. The molecule has 0 fully saturated rings. The number of hydrogen-bond acceptors (Lipinski definition) is 2. The maximum Gasteiger partial charge on any atom is 0.150 e. The van der Waals surface area contributed by atoms with E-state index in [0.29, 0.717) is 16.6 Å². The van der Waals surface area contributed by atoms with Gasteiger partial charge in [-0.05, 0) is 39.7 Å². The molecule has 0 aliphatic carbocycles. The van der Waals surface area contributed by atoms with Gasteiger partial charge in [-0.3, -0.25) is 0 Å². The quantitative estimate of drug-likeness (QED) is 0.918. The van der Waals surface area contributed by atoms with Gasteiger partial charge in [0, 0.05) is 17.1 Å². The van der Waals surface area contributed by atoms with Crippen molar-refractivity contribution in [3.63, 3.8) is 0 Å². The van der Waals surface area contributed by atoms with Crippen LogP contribution in [0.5, 0.6) is 0 Å². The normalized spacial score (nSPS) is 10.0. The maximum absolute atomic E-state index is 13.6. The van der Waals surface area contributed by atoms with Gasteiger partial charge < -0.3 is 5.32 Å². The van der Waals surface area contributed by atoms with Gasteiger partial charge in [0.15, 0.2) is 0 Å². The second-order valence-corrected chi connectivity index (χ2v) is 4.76. The van der Waals surface area contributed by atoms with Crippen molar-refractivity contribution in [1.82, 2.24) is 0 Å². The van der Waals surface area contributed by atoms with E-state index >= 15 is 0 Å². The molecule has 2 aromatic carbocycles. The molecule has 96 valence electrons. The molecule has 0 aromatic heterocycles. The zero-order chi connectivity index (χ0) is 13.8. The Bertz CT molecular complexity index is 610. The Labute approximate surface area is 117 Å².